The van der Waals surface area contributed by atoms with Crippen molar-refractivity contribution in [2.75, 3.05) is 38.5 Å². The Bertz CT molecular complexity index is 727. The summed E-state index contributed by atoms with van der Waals surface area (Å²) in [5.74, 6) is -0.909. The van der Waals surface area contributed by atoms with Crippen LogP contribution in [0.1, 0.15) is 41.3 Å². The van der Waals surface area contributed by atoms with Crippen molar-refractivity contribution in [3.8, 4) is 0 Å². The number of nitrogens with zero attached hydrogens (tertiary/aromatic N) is 2. The molecule has 2 aliphatic rings. The molecule has 1 aromatic carbocycles. The van der Waals surface area contributed by atoms with E-state index >= 15 is 0 Å². The van der Waals surface area contributed by atoms with E-state index in [0.717, 1.165) is 32.0 Å². The van der Waals surface area contributed by atoms with Gasteiger partial charge in [0.25, 0.3) is 0 Å². The maximum absolute atomic E-state index is 13.7. The SMILES string of the molecule is CCOC(=O)c1cc(C(F)(F)F)c(CN2CCN3CCC[C@H]3C2)c(Cl)c1N. The van der Waals surface area contributed by atoms with Gasteiger partial charge < -0.3 is 10.5 Å². The maximum Gasteiger partial charge on any atom is 0.416 e. The molecular weight excluding hydrogens is 383 g/mol. The van der Waals surface area contributed by atoms with Crippen molar-refractivity contribution in [3.05, 3.63) is 27.8 Å². The van der Waals surface area contributed by atoms with Crippen LogP contribution in [0.15, 0.2) is 6.07 Å². The molecule has 5 nitrogen and oxygen atoms in total. The van der Waals surface area contributed by atoms with Crippen LogP contribution in [0.2, 0.25) is 5.02 Å². The van der Waals surface area contributed by atoms with Crippen LogP contribution in [0.25, 0.3) is 0 Å². The molecule has 2 heterocycles. The number of carbonyl (C=O) groups is 1. The molecule has 2 N–H and O–H groups in total. The lowest BCUT2D eigenvalue weighted by Gasteiger charge is -2.38. The molecule has 3 rings (SSSR count). The first kappa shape index (κ1) is 20.2. The number of alkyl halides is 3. The molecular formula is C18H23ClF3N3O2. The fraction of sp³-hybridized carbons (Fsp3) is 0.611. The highest BCUT2D eigenvalue weighted by Crippen LogP contribution is 2.40. The second-order valence-electron chi connectivity index (χ2n) is 6.96. The number of anilines is 1. The van der Waals surface area contributed by atoms with Gasteiger partial charge in [0.1, 0.15) is 0 Å². The number of fused-ring (bicyclic) bond motifs is 1. The first-order valence-corrected chi connectivity index (χ1v) is 9.41. The van der Waals surface area contributed by atoms with E-state index in [1.165, 1.54) is 0 Å². The molecule has 0 spiro atoms. The molecule has 0 saturated carbocycles. The van der Waals surface area contributed by atoms with Crippen LogP contribution in [-0.2, 0) is 17.5 Å². The molecule has 2 fully saturated rings. The molecule has 27 heavy (non-hydrogen) atoms. The Kier molecular flexibility index (Phi) is 5.88. The smallest absolute Gasteiger partial charge is 0.416 e. The number of carbonyl (C=O) groups excluding carboxylic acids is 1. The van der Waals surface area contributed by atoms with Crippen molar-refractivity contribution in [2.24, 2.45) is 0 Å². The number of ether oxygens (including phenoxy) is 1. The van der Waals surface area contributed by atoms with Crippen LogP contribution in [0.3, 0.4) is 0 Å². The largest absolute Gasteiger partial charge is 0.462 e. The Morgan fingerprint density at radius 1 is 1.37 bits per heavy atom. The Hall–Kier alpha value is -1.51. The van der Waals surface area contributed by atoms with Crippen LogP contribution in [0, 0.1) is 0 Å². The van der Waals surface area contributed by atoms with E-state index in [4.69, 9.17) is 22.1 Å². The van der Waals surface area contributed by atoms with Crippen molar-refractivity contribution in [1.29, 1.82) is 0 Å². The number of piperazine rings is 1. The van der Waals surface area contributed by atoms with Gasteiger partial charge in [0.05, 0.1) is 28.4 Å². The molecule has 0 aromatic heterocycles. The summed E-state index contributed by atoms with van der Waals surface area (Å²) in [6.45, 7) is 4.90. The molecule has 1 aromatic rings. The molecule has 0 bridgehead atoms. The summed E-state index contributed by atoms with van der Waals surface area (Å²) in [6.07, 6.45) is -2.47. The van der Waals surface area contributed by atoms with Gasteiger partial charge in [-0.2, -0.15) is 13.2 Å². The summed E-state index contributed by atoms with van der Waals surface area (Å²) in [5, 5.41) is -0.221. The van der Waals surface area contributed by atoms with Gasteiger partial charge in [0.2, 0.25) is 0 Å². The fourth-order valence-corrected chi connectivity index (χ4v) is 4.18. The fourth-order valence-electron chi connectivity index (χ4n) is 3.92. The molecule has 0 unspecified atom stereocenters. The molecule has 9 heteroatoms. The van der Waals surface area contributed by atoms with Crippen molar-refractivity contribution in [1.82, 2.24) is 9.80 Å². The molecule has 2 aliphatic heterocycles. The van der Waals surface area contributed by atoms with Gasteiger partial charge in [-0.15, -0.1) is 0 Å². The summed E-state index contributed by atoms with van der Waals surface area (Å²) in [4.78, 5) is 16.3. The number of rotatable bonds is 4. The van der Waals surface area contributed by atoms with Gasteiger partial charge >= 0.3 is 12.1 Å². The Balaban J connectivity index is 1.93. The van der Waals surface area contributed by atoms with Crippen molar-refractivity contribution >= 4 is 23.3 Å². The third kappa shape index (κ3) is 4.17. The van der Waals surface area contributed by atoms with Crippen LogP contribution in [-0.4, -0.2) is 54.6 Å². The van der Waals surface area contributed by atoms with E-state index in [0.29, 0.717) is 19.1 Å². The standard InChI is InChI=1S/C18H23ClF3N3O2/c1-2-27-17(26)12-8-14(18(20,21)22)13(15(19)16(12)23)10-24-6-7-25-5-3-4-11(25)9-24/h8,11H,2-7,9-10,23H2,1H3/t11-/m0/s1. The number of nitrogens with two attached hydrogens (primary N) is 1. The minimum absolute atomic E-state index is 0.0324. The zero-order valence-corrected chi connectivity index (χ0v) is 15.9. The minimum atomic E-state index is -4.65. The van der Waals surface area contributed by atoms with Gasteiger partial charge in [-0.25, -0.2) is 4.79 Å². The first-order chi connectivity index (χ1) is 12.7. The van der Waals surface area contributed by atoms with Gasteiger partial charge in [-0.05, 0) is 37.9 Å². The Morgan fingerprint density at radius 3 is 2.78 bits per heavy atom. The average molecular weight is 406 g/mol. The van der Waals surface area contributed by atoms with Gasteiger partial charge in [0.15, 0.2) is 0 Å². The van der Waals surface area contributed by atoms with Crippen molar-refractivity contribution in [2.45, 2.75) is 38.5 Å². The number of esters is 1. The zero-order chi connectivity index (χ0) is 19.8. The van der Waals surface area contributed by atoms with Crippen LogP contribution in [0.4, 0.5) is 18.9 Å². The summed E-state index contributed by atoms with van der Waals surface area (Å²) in [5.41, 5.74) is 4.36. The van der Waals surface area contributed by atoms with Crippen LogP contribution in [0.5, 0.6) is 0 Å². The predicted molar refractivity (Wildman–Crippen MR) is 96.7 cm³/mol. The Labute approximate surface area is 161 Å². The Morgan fingerprint density at radius 2 is 2.11 bits per heavy atom. The van der Waals surface area contributed by atoms with Crippen molar-refractivity contribution < 1.29 is 22.7 Å². The monoisotopic (exact) mass is 405 g/mol. The highest BCUT2D eigenvalue weighted by atomic mass is 35.5. The van der Waals surface area contributed by atoms with E-state index in [1.807, 2.05) is 4.90 Å². The number of hydrogen-bond acceptors (Lipinski definition) is 5. The van der Waals surface area contributed by atoms with E-state index in [9.17, 15) is 18.0 Å². The third-order valence-electron chi connectivity index (χ3n) is 5.26. The van der Waals surface area contributed by atoms with Gasteiger partial charge in [-0.3, -0.25) is 9.80 Å². The van der Waals surface area contributed by atoms with E-state index in [2.05, 4.69) is 4.90 Å². The van der Waals surface area contributed by atoms with Gasteiger partial charge in [-0.1, -0.05) is 11.6 Å². The first-order valence-electron chi connectivity index (χ1n) is 9.04. The lowest BCUT2D eigenvalue weighted by molar-refractivity contribution is -0.138. The molecule has 2 saturated heterocycles. The van der Waals surface area contributed by atoms with Crippen LogP contribution >= 0.6 is 11.6 Å². The normalized spacial score (nSPS) is 21.3. The highest BCUT2D eigenvalue weighted by Gasteiger charge is 2.38. The molecule has 0 amide bonds. The summed E-state index contributed by atoms with van der Waals surface area (Å²) in [7, 11) is 0. The molecule has 0 aliphatic carbocycles. The number of nitrogen functional groups attached to an aromatic ring is 1. The van der Waals surface area contributed by atoms with E-state index in [-0.39, 0.29) is 35.0 Å². The van der Waals surface area contributed by atoms with Crippen LogP contribution < -0.4 is 5.73 Å². The average Bonchev–Trinajstić information content (AvgIpc) is 3.06. The number of hydrogen-bond donors (Lipinski definition) is 1. The topological polar surface area (TPSA) is 58.8 Å². The lowest BCUT2D eigenvalue weighted by Crippen LogP contribution is -2.49. The number of benzene rings is 1. The maximum atomic E-state index is 13.7. The molecule has 150 valence electrons. The van der Waals surface area contributed by atoms with E-state index in [1.54, 1.807) is 6.92 Å². The minimum Gasteiger partial charge on any atom is -0.462 e. The third-order valence-corrected chi connectivity index (χ3v) is 5.69. The molecule has 1 atom stereocenters. The highest BCUT2D eigenvalue weighted by molar-refractivity contribution is 6.34. The van der Waals surface area contributed by atoms with E-state index < -0.39 is 17.7 Å². The predicted octanol–water partition coefficient (Wildman–Crippen LogP) is 3.40. The summed E-state index contributed by atoms with van der Waals surface area (Å²) < 4.78 is 45.8. The second-order valence-corrected chi connectivity index (χ2v) is 7.34. The van der Waals surface area contributed by atoms with Gasteiger partial charge in [0, 0.05) is 32.2 Å². The van der Waals surface area contributed by atoms with Crippen molar-refractivity contribution in [3.63, 3.8) is 0 Å². The second kappa shape index (κ2) is 7.85. The lowest BCUT2D eigenvalue weighted by atomic mass is 10.00. The zero-order valence-electron chi connectivity index (χ0n) is 15.1. The summed E-state index contributed by atoms with van der Waals surface area (Å²) in [6, 6.07) is 1.14. The number of halogens is 4. The summed E-state index contributed by atoms with van der Waals surface area (Å²) >= 11 is 6.21. The quantitative estimate of drug-likeness (QED) is 0.614. The molecule has 0 radical (unpaired) electrons.